The molecule has 0 aromatic carbocycles. The average molecular weight is 187 g/mol. The summed E-state index contributed by atoms with van der Waals surface area (Å²) in [6.07, 6.45) is 4.59. The molecular weight excluding hydrogens is 166 g/mol. The Bertz CT molecular complexity index is 152. The molecule has 2 unspecified atom stereocenters. The number of hydrogen-bond acceptors (Lipinski definition) is 3. The van der Waals surface area contributed by atoms with Crippen LogP contribution < -0.4 is 5.73 Å². The van der Waals surface area contributed by atoms with Crippen LogP contribution in [0.1, 0.15) is 39.0 Å². The van der Waals surface area contributed by atoms with Gasteiger partial charge in [0.1, 0.15) is 0 Å². The van der Waals surface area contributed by atoms with Crippen molar-refractivity contribution in [3.05, 3.63) is 0 Å². The minimum Gasteiger partial charge on any atom is -0.387 e. The van der Waals surface area contributed by atoms with Gasteiger partial charge in [-0.2, -0.15) is 0 Å². The van der Waals surface area contributed by atoms with Gasteiger partial charge in [0.25, 0.3) is 0 Å². The molecule has 0 aromatic heterocycles. The highest BCUT2D eigenvalue weighted by Crippen LogP contribution is 2.27. The van der Waals surface area contributed by atoms with Crippen molar-refractivity contribution >= 4 is 0 Å². The fraction of sp³-hybridized carbons (Fsp3) is 1.00. The Balaban J connectivity index is 2.27. The first kappa shape index (κ1) is 11.0. The molecule has 0 aromatic rings. The zero-order valence-corrected chi connectivity index (χ0v) is 8.46. The Hall–Kier alpha value is -0.120. The molecule has 0 radical (unpaired) electrons. The molecular formula is C10H21NO2. The number of nitrogens with two attached hydrogens (primary N) is 1. The van der Waals surface area contributed by atoms with Crippen LogP contribution in [0.15, 0.2) is 0 Å². The van der Waals surface area contributed by atoms with E-state index in [4.69, 9.17) is 10.5 Å². The maximum Gasteiger partial charge on any atom is 0.0894 e. The molecule has 1 aliphatic rings. The highest BCUT2D eigenvalue weighted by Gasteiger charge is 2.32. The first-order valence-electron chi connectivity index (χ1n) is 5.22. The van der Waals surface area contributed by atoms with E-state index in [1.165, 1.54) is 0 Å². The maximum atomic E-state index is 10.1. The zero-order valence-electron chi connectivity index (χ0n) is 8.46. The Morgan fingerprint density at radius 1 is 1.62 bits per heavy atom. The molecule has 2 atom stereocenters. The van der Waals surface area contributed by atoms with Crippen molar-refractivity contribution in [2.45, 2.75) is 50.7 Å². The minimum absolute atomic E-state index is 0.156. The first-order chi connectivity index (χ1) is 6.16. The fourth-order valence-corrected chi connectivity index (χ4v) is 1.92. The number of rotatable bonds is 4. The Kier molecular flexibility index (Phi) is 4.16. The van der Waals surface area contributed by atoms with Gasteiger partial charge in [0.2, 0.25) is 0 Å². The monoisotopic (exact) mass is 187 g/mol. The summed E-state index contributed by atoms with van der Waals surface area (Å²) in [5.41, 5.74) is 5.15. The van der Waals surface area contributed by atoms with Crippen LogP contribution in [0, 0.1) is 0 Å². The average Bonchev–Trinajstić information content (AvgIpc) is 2.04. The van der Waals surface area contributed by atoms with Gasteiger partial charge in [0, 0.05) is 12.6 Å². The van der Waals surface area contributed by atoms with Crippen LogP contribution in [0.4, 0.5) is 0 Å². The lowest BCUT2D eigenvalue weighted by molar-refractivity contribution is -0.0718. The highest BCUT2D eigenvalue weighted by atomic mass is 16.5. The summed E-state index contributed by atoms with van der Waals surface area (Å²) in [5, 5.41) is 10.1. The number of ether oxygens (including phenoxy) is 1. The second kappa shape index (κ2) is 4.94. The summed E-state index contributed by atoms with van der Waals surface area (Å²) in [6.45, 7) is 3.25. The highest BCUT2D eigenvalue weighted by molar-refractivity contribution is 4.87. The van der Waals surface area contributed by atoms with Crippen LogP contribution in [0.3, 0.4) is 0 Å². The van der Waals surface area contributed by atoms with Gasteiger partial charge in [-0.05, 0) is 32.1 Å². The molecule has 1 fully saturated rings. The molecule has 0 heterocycles. The van der Waals surface area contributed by atoms with E-state index in [9.17, 15) is 5.11 Å². The second-order valence-electron chi connectivity index (χ2n) is 4.13. The SMILES string of the molecule is CCCOCC1(O)CCCC(N)C1. The quantitative estimate of drug-likeness (QED) is 0.647. The fourth-order valence-electron chi connectivity index (χ4n) is 1.92. The maximum absolute atomic E-state index is 10.1. The molecule has 1 rings (SSSR count). The van der Waals surface area contributed by atoms with Gasteiger partial charge in [0.15, 0.2) is 0 Å². The topological polar surface area (TPSA) is 55.5 Å². The number of hydrogen-bond donors (Lipinski definition) is 2. The Labute approximate surface area is 80.3 Å². The van der Waals surface area contributed by atoms with Crippen molar-refractivity contribution in [1.82, 2.24) is 0 Å². The molecule has 3 heteroatoms. The van der Waals surface area contributed by atoms with Crippen molar-refractivity contribution in [1.29, 1.82) is 0 Å². The van der Waals surface area contributed by atoms with E-state index in [0.29, 0.717) is 13.0 Å². The van der Waals surface area contributed by atoms with Crippen LogP contribution in [0.25, 0.3) is 0 Å². The molecule has 78 valence electrons. The molecule has 1 saturated carbocycles. The smallest absolute Gasteiger partial charge is 0.0894 e. The molecule has 0 aliphatic heterocycles. The van der Waals surface area contributed by atoms with Crippen LogP contribution >= 0.6 is 0 Å². The van der Waals surface area contributed by atoms with Crippen LogP contribution in [-0.4, -0.2) is 30.0 Å². The largest absolute Gasteiger partial charge is 0.387 e. The predicted octanol–water partition coefficient (Wildman–Crippen LogP) is 1.05. The van der Waals surface area contributed by atoms with E-state index < -0.39 is 5.60 Å². The molecule has 3 nitrogen and oxygen atoms in total. The van der Waals surface area contributed by atoms with Crippen molar-refractivity contribution in [2.75, 3.05) is 13.2 Å². The Morgan fingerprint density at radius 3 is 3.00 bits per heavy atom. The van der Waals surface area contributed by atoms with E-state index in [1.807, 2.05) is 0 Å². The molecule has 0 amide bonds. The van der Waals surface area contributed by atoms with Crippen molar-refractivity contribution in [3.63, 3.8) is 0 Å². The summed E-state index contributed by atoms with van der Waals surface area (Å²) in [7, 11) is 0. The summed E-state index contributed by atoms with van der Waals surface area (Å²) in [5.74, 6) is 0. The third-order valence-corrected chi connectivity index (χ3v) is 2.58. The second-order valence-corrected chi connectivity index (χ2v) is 4.13. The van der Waals surface area contributed by atoms with Gasteiger partial charge in [-0.15, -0.1) is 0 Å². The summed E-state index contributed by atoms with van der Waals surface area (Å²) < 4.78 is 5.37. The molecule has 0 spiro atoms. The molecule has 0 saturated heterocycles. The normalized spacial score (nSPS) is 34.8. The van der Waals surface area contributed by atoms with E-state index in [2.05, 4.69) is 6.92 Å². The molecule has 3 N–H and O–H groups in total. The number of aliphatic hydroxyl groups is 1. The molecule has 0 bridgehead atoms. The van der Waals surface area contributed by atoms with Gasteiger partial charge < -0.3 is 15.6 Å². The Morgan fingerprint density at radius 2 is 2.38 bits per heavy atom. The predicted molar refractivity (Wildman–Crippen MR) is 52.5 cm³/mol. The zero-order chi connectivity index (χ0) is 9.73. The van der Waals surface area contributed by atoms with E-state index in [1.54, 1.807) is 0 Å². The van der Waals surface area contributed by atoms with Crippen LogP contribution in [0.5, 0.6) is 0 Å². The van der Waals surface area contributed by atoms with Gasteiger partial charge in [-0.25, -0.2) is 0 Å². The van der Waals surface area contributed by atoms with Crippen LogP contribution in [0.2, 0.25) is 0 Å². The van der Waals surface area contributed by atoms with Crippen molar-refractivity contribution in [3.8, 4) is 0 Å². The molecule has 1 aliphatic carbocycles. The standard InChI is InChI=1S/C10H21NO2/c1-2-6-13-8-10(12)5-3-4-9(11)7-10/h9,12H,2-8,11H2,1H3. The van der Waals surface area contributed by atoms with Crippen molar-refractivity contribution in [2.24, 2.45) is 5.73 Å². The van der Waals surface area contributed by atoms with E-state index in [0.717, 1.165) is 32.3 Å². The third kappa shape index (κ3) is 3.63. The molecule has 13 heavy (non-hydrogen) atoms. The van der Waals surface area contributed by atoms with Gasteiger partial charge in [0.05, 0.1) is 12.2 Å². The van der Waals surface area contributed by atoms with Crippen LogP contribution in [-0.2, 0) is 4.74 Å². The lowest BCUT2D eigenvalue weighted by Crippen LogP contribution is -2.44. The van der Waals surface area contributed by atoms with Gasteiger partial charge in [-0.1, -0.05) is 6.92 Å². The van der Waals surface area contributed by atoms with Gasteiger partial charge in [-0.3, -0.25) is 0 Å². The lowest BCUT2D eigenvalue weighted by Gasteiger charge is -2.34. The van der Waals surface area contributed by atoms with E-state index >= 15 is 0 Å². The van der Waals surface area contributed by atoms with Crippen molar-refractivity contribution < 1.29 is 9.84 Å². The summed E-state index contributed by atoms with van der Waals surface area (Å²) in [6, 6.07) is 0.156. The van der Waals surface area contributed by atoms with Gasteiger partial charge >= 0.3 is 0 Å². The summed E-state index contributed by atoms with van der Waals surface area (Å²) >= 11 is 0. The lowest BCUT2D eigenvalue weighted by atomic mass is 9.83. The minimum atomic E-state index is -0.646. The summed E-state index contributed by atoms with van der Waals surface area (Å²) in [4.78, 5) is 0. The van der Waals surface area contributed by atoms with E-state index in [-0.39, 0.29) is 6.04 Å². The first-order valence-corrected chi connectivity index (χ1v) is 5.22. The third-order valence-electron chi connectivity index (χ3n) is 2.58.